The van der Waals surface area contributed by atoms with Crippen LogP contribution in [-0.2, 0) is 13.0 Å². The number of nitrogens with zero attached hydrogens (tertiary/aromatic N) is 3. The molecule has 1 N–H and O–H groups in total. The Labute approximate surface area is 129 Å². The summed E-state index contributed by atoms with van der Waals surface area (Å²) >= 11 is 0. The normalized spacial score (nSPS) is 22.6. The summed E-state index contributed by atoms with van der Waals surface area (Å²) in [6.07, 6.45) is 6.91. The number of nitrogens with one attached hydrogen (secondary N) is 1. The highest BCUT2D eigenvalue weighted by Gasteiger charge is 2.28. The van der Waals surface area contributed by atoms with Gasteiger partial charge >= 0.3 is 0 Å². The van der Waals surface area contributed by atoms with E-state index in [4.69, 9.17) is 0 Å². The standard InChI is InChI=1S/C17H32N4/c1-13(2)9-18-10-16-7-5-6-15(16)8-17-19-12-20-21(17)11-14(3)4/h12-16,18H,5-11H2,1-4H3. The minimum absolute atomic E-state index is 0.623. The predicted molar refractivity (Wildman–Crippen MR) is 87.1 cm³/mol. The van der Waals surface area contributed by atoms with Gasteiger partial charge in [-0.05, 0) is 49.6 Å². The molecule has 1 heterocycles. The van der Waals surface area contributed by atoms with E-state index in [-0.39, 0.29) is 0 Å². The molecular formula is C17H32N4. The first kappa shape index (κ1) is 16.5. The summed E-state index contributed by atoms with van der Waals surface area (Å²) in [5.74, 6) is 4.13. The van der Waals surface area contributed by atoms with Crippen molar-refractivity contribution in [3.05, 3.63) is 12.2 Å². The first-order valence-corrected chi connectivity index (χ1v) is 8.63. The fourth-order valence-electron chi connectivity index (χ4n) is 3.39. The molecule has 2 unspecified atom stereocenters. The van der Waals surface area contributed by atoms with Crippen LogP contribution >= 0.6 is 0 Å². The second-order valence-electron chi connectivity index (χ2n) is 7.46. The second-order valence-corrected chi connectivity index (χ2v) is 7.46. The van der Waals surface area contributed by atoms with E-state index in [9.17, 15) is 0 Å². The average Bonchev–Trinajstić information content (AvgIpc) is 3.00. The molecule has 1 aliphatic rings. The minimum Gasteiger partial charge on any atom is -0.316 e. The van der Waals surface area contributed by atoms with Crippen LogP contribution in [0.15, 0.2) is 6.33 Å². The van der Waals surface area contributed by atoms with Gasteiger partial charge in [-0.1, -0.05) is 34.1 Å². The Morgan fingerprint density at radius 2 is 1.95 bits per heavy atom. The van der Waals surface area contributed by atoms with Crippen molar-refractivity contribution in [2.75, 3.05) is 13.1 Å². The first-order chi connectivity index (χ1) is 10.1. The van der Waals surface area contributed by atoms with Gasteiger partial charge in [-0.25, -0.2) is 9.67 Å². The summed E-state index contributed by atoms with van der Waals surface area (Å²) in [6, 6.07) is 0. The lowest BCUT2D eigenvalue weighted by molar-refractivity contribution is 0.343. The molecular weight excluding hydrogens is 260 g/mol. The molecule has 0 spiro atoms. The van der Waals surface area contributed by atoms with Crippen molar-refractivity contribution in [2.45, 2.75) is 59.9 Å². The van der Waals surface area contributed by atoms with E-state index in [0.29, 0.717) is 5.92 Å². The van der Waals surface area contributed by atoms with Gasteiger partial charge in [-0.3, -0.25) is 0 Å². The van der Waals surface area contributed by atoms with Crippen molar-refractivity contribution >= 4 is 0 Å². The Kier molecular flexibility index (Phi) is 6.22. The maximum absolute atomic E-state index is 4.51. The number of hydrogen-bond donors (Lipinski definition) is 1. The maximum atomic E-state index is 4.51. The van der Waals surface area contributed by atoms with E-state index in [1.54, 1.807) is 6.33 Å². The van der Waals surface area contributed by atoms with Gasteiger partial charge in [0.2, 0.25) is 0 Å². The average molecular weight is 292 g/mol. The maximum Gasteiger partial charge on any atom is 0.138 e. The van der Waals surface area contributed by atoms with Gasteiger partial charge in [0.1, 0.15) is 12.2 Å². The van der Waals surface area contributed by atoms with Gasteiger partial charge < -0.3 is 5.32 Å². The fraction of sp³-hybridized carbons (Fsp3) is 0.882. The van der Waals surface area contributed by atoms with Crippen LogP contribution in [-0.4, -0.2) is 27.9 Å². The molecule has 1 aromatic rings. The molecule has 120 valence electrons. The van der Waals surface area contributed by atoms with Gasteiger partial charge in [-0.2, -0.15) is 5.10 Å². The lowest BCUT2D eigenvalue weighted by atomic mass is 9.92. The molecule has 1 fully saturated rings. The molecule has 0 aromatic carbocycles. The van der Waals surface area contributed by atoms with Crippen LogP contribution in [0.1, 0.15) is 52.8 Å². The zero-order chi connectivity index (χ0) is 15.2. The molecule has 0 radical (unpaired) electrons. The topological polar surface area (TPSA) is 42.7 Å². The van der Waals surface area contributed by atoms with Crippen LogP contribution in [0, 0.1) is 23.7 Å². The molecule has 1 saturated carbocycles. The molecule has 0 amide bonds. The van der Waals surface area contributed by atoms with Crippen LogP contribution in [0.4, 0.5) is 0 Å². The van der Waals surface area contributed by atoms with Gasteiger partial charge in [0.25, 0.3) is 0 Å². The summed E-state index contributed by atoms with van der Waals surface area (Å²) in [4.78, 5) is 4.51. The van der Waals surface area contributed by atoms with Crippen molar-refractivity contribution in [1.29, 1.82) is 0 Å². The summed E-state index contributed by atoms with van der Waals surface area (Å²) in [7, 11) is 0. The molecule has 4 nitrogen and oxygen atoms in total. The Morgan fingerprint density at radius 1 is 1.19 bits per heavy atom. The van der Waals surface area contributed by atoms with Crippen LogP contribution in [0.3, 0.4) is 0 Å². The summed E-state index contributed by atoms with van der Waals surface area (Å²) in [6.45, 7) is 12.3. The van der Waals surface area contributed by atoms with Crippen LogP contribution < -0.4 is 5.32 Å². The van der Waals surface area contributed by atoms with Crippen molar-refractivity contribution in [3.8, 4) is 0 Å². The van der Waals surface area contributed by atoms with E-state index in [0.717, 1.165) is 37.3 Å². The first-order valence-electron chi connectivity index (χ1n) is 8.63. The van der Waals surface area contributed by atoms with Crippen molar-refractivity contribution in [1.82, 2.24) is 20.1 Å². The zero-order valence-electron chi connectivity index (χ0n) is 14.2. The van der Waals surface area contributed by atoms with E-state index in [1.165, 1.54) is 31.6 Å². The Morgan fingerprint density at radius 3 is 2.67 bits per heavy atom. The van der Waals surface area contributed by atoms with Crippen LogP contribution in [0.2, 0.25) is 0 Å². The lowest BCUT2D eigenvalue weighted by Crippen LogP contribution is -2.29. The van der Waals surface area contributed by atoms with Gasteiger partial charge in [-0.15, -0.1) is 0 Å². The third-order valence-corrected chi connectivity index (χ3v) is 4.45. The zero-order valence-corrected chi connectivity index (χ0v) is 14.2. The minimum atomic E-state index is 0.623. The summed E-state index contributed by atoms with van der Waals surface area (Å²) in [5, 5.41) is 8.04. The SMILES string of the molecule is CC(C)CNCC1CCCC1Cc1ncnn1CC(C)C. The highest BCUT2D eigenvalue weighted by atomic mass is 15.3. The highest BCUT2D eigenvalue weighted by Crippen LogP contribution is 2.33. The highest BCUT2D eigenvalue weighted by molar-refractivity contribution is 4.92. The number of hydrogen-bond acceptors (Lipinski definition) is 3. The molecule has 2 rings (SSSR count). The van der Waals surface area contributed by atoms with Gasteiger partial charge in [0.05, 0.1) is 0 Å². The fourth-order valence-corrected chi connectivity index (χ4v) is 3.39. The molecule has 4 heteroatoms. The predicted octanol–water partition coefficient (Wildman–Crippen LogP) is 3.14. The lowest BCUT2D eigenvalue weighted by Gasteiger charge is -2.21. The largest absolute Gasteiger partial charge is 0.316 e. The van der Waals surface area contributed by atoms with Crippen molar-refractivity contribution in [3.63, 3.8) is 0 Å². The van der Waals surface area contributed by atoms with E-state index < -0.39 is 0 Å². The Balaban J connectivity index is 1.87. The van der Waals surface area contributed by atoms with Gasteiger partial charge in [0, 0.05) is 13.0 Å². The third-order valence-electron chi connectivity index (χ3n) is 4.45. The molecule has 0 saturated heterocycles. The van der Waals surface area contributed by atoms with Crippen LogP contribution in [0.5, 0.6) is 0 Å². The van der Waals surface area contributed by atoms with E-state index in [2.05, 4.69) is 47.8 Å². The Bertz CT molecular complexity index is 411. The molecule has 2 atom stereocenters. The third kappa shape index (κ3) is 5.10. The van der Waals surface area contributed by atoms with Gasteiger partial charge in [0.15, 0.2) is 0 Å². The van der Waals surface area contributed by atoms with Crippen LogP contribution in [0.25, 0.3) is 0 Å². The summed E-state index contributed by atoms with van der Waals surface area (Å²) in [5.41, 5.74) is 0. The molecule has 0 aliphatic heterocycles. The Hall–Kier alpha value is -0.900. The quantitative estimate of drug-likeness (QED) is 0.800. The summed E-state index contributed by atoms with van der Waals surface area (Å²) < 4.78 is 2.11. The molecule has 0 bridgehead atoms. The number of rotatable bonds is 8. The monoisotopic (exact) mass is 292 g/mol. The smallest absolute Gasteiger partial charge is 0.138 e. The van der Waals surface area contributed by atoms with E-state index in [1.807, 2.05) is 0 Å². The number of aromatic nitrogens is 3. The van der Waals surface area contributed by atoms with E-state index >= 15 is 0 Å². The van der Waals surface area contributed by atoms with Crippen molar-refractivity contribution < 1.29 is 0 Å². The molecule has 1 aliphatic carbocycles. The van der Waals surface area contributed by atoms with Crippen molar-refractivity contribution in [2.24, 2.45) is 23.7 Å². The molecule has 21 heavy (non-hydrogen) atoms. The molecule has 1 aromatic heterocycles. The second kappa shape index (κ2) is 7.92.